The van der Waals surface area contributed by atoms with Crippen molar-refractivity contribution in [1.29, 1.82) is 5.26 Å². The van der Waals surface area contributed by atoms with E-state index in [2.05, 4.69) is 27.0 Å². The molecule has 0 aliphatic carbocycles. The number of nitrogens with zero attached hydrogens (tertiary/aromatic N) is 3. The topological polar surface area (TPSA) is 41.6 Å². The summed E-state index contributed by atoms with van der Waals surface area (Å²) in [6.07, 6.45) is 0. The second-order valence-corrected chi connectivity index (χ2v) is 5.14. The van der Waals surface area contributed by atoms with Gasteiger partial charge in [-0.05, 0) is 24.3 Å². The van der Waals surface area contributed by atoms with Crippen molar-refractivity contribution in [2.45, 2.75) is 0 Å². The van der Waals surface area contributed by atoms with Crippen LogP contribution in [0.4, 0.5) is 0 Å². The van der Waals surface area contributed by atoms with Crippen LogP contribution >= 0.6 is 15.9 Å². The van der Waals surface area contributed by atoms with E-state index >= 15 is 0 Å². The Balaban J connectivity index is 2.30. The summed E-state index contributed by atoms with van der Waals surface area (Å²) >= 11 is 3.55. The Morgan fingerprint density at radius 3 is 2.74 bits per heavy atom. The lowest BCUT2D eigenvalue weighted by molar-refractivity contribution is 0.958. The molecule has 2 aromatic carbocycles. The van der Waals surface area contributed by atoms with E-state index < -0.39 is 0 Å². The lowest BCUT2D eigenvalue weighted by atomic mass is 10.2. The first kappa shape index (κ1) is 11.9. The van der Waals surface area contributed by atoms with Gasteiger partial charge in [-0.2, -0.15) is 5.26 Å². The van der Waals surface area contributed by atoms with Gasteiger partial charge in [0, 0.05) is 17.1 Å². The van der Waals surface area contributed by atoms with E-state index in [0.29, 0.717) is 5.56 Å². The van der Waals surface area contributed by atoms with Gasteiger partial charge in [-0.3, -0.25) is 0 Å². The molecule has 0 saturated carbocycles. The predicted molar refractivity (Wildman–Crippen MR) is 78.6 cm³/mol. The molecule has 0 radical (unpaired) electrons. The fourth-order valence-electron chi connectivity index (χ4n) is 2.14. The molecule has 0 amide bonds. The first-order valence-electron chi connectivity index (χ1n) is 5.82. The van der Waals surface area contributed by atoms with Crippen LogP contribution in [0.15, 0.2) is 46.9 Å². The molecule has 3 rings (SSSR count). The van der Waals surface area contributed by atoms with Gasteiger partial charge < -0.3 is 4.57 Å². The van der Waals surface area contributed by atoms with Gasteiger partial charge in [0.05, 0.1) is 22.7 Å². The molecule has 4 heteroatoms. The molecule has 0 aliphatic heterocycles. The van der Waals surface area contributed by atoms with Crippen LogP contribution < -0.4 is 0 Å². The molecule has 92 valence electrons. The number of benzene rings is 2. The molecule has 0 saturated heterocycles. The zero-order valence-electron chi connectivity index (χ0n) is 10.3. The number of imidazole rings is 1. The van der Waals surface area contributed by atoms with Crippen LogP contribution in [0.5, 0.6) is 0 Å². The number of nitriles is 1. The first-order valence-corrected chi connectivity index (χ1v) is 6.61. The second kappa shape index (κ2) is 4.52. The van der Waals surface area contributed by atoms with Crippen molar-refractivity contribution >= 4 is 27.0 Å². The lowest BCUT2D eigenvalue weighted by Crippen LogP contribution is -1.93. The third kappa shape index (κ3) is 1.92. The van der Waals surface area contributed by atoms with Crippen molar-refractivity contribution < 1.29 is 0 Å². The van der Waals surface area contributed by atoms with E-state index in [4.69, 9.17) is 5.26 Å². The molecule has 0 atom stereocenters. The SMILES string of the molecule is Cn1c(-c2ccccc2Br)nc2ccc(C#N)cc21. The number of fused-ring (bicyclic) bond motifs is 1. The Morgan fingerprint density at radius 2 is 2.00 bits per heavy atom. The highest BCUT2D eigenvalue weighted by Crippen LogP contribution is 2.29. The van der Waals surface area contributed by atoms with Crippen LogP contribution in [0.25, 0.3) is 22.4 Å². The van der Waals surface area contributed by atoms with Crippen LogP contribution in [0.2, 0.25) is 0 Å². The summed E-state index contributed by atoms with van der Waals surface area (Å²) in [5.74, 6) is 0.887. The van der Waals surface area contributed by atoms with Crippen LogP contribution in [-0.2, 0) is 7.05 Å². The summed E-state index contributed by atoms with van der Waals surface area (Å²) in [5, 5.41) is 8.97. The molecule has 0 aliphatic rings. The molecule has 0 N–H and O–H groups in total. The fourth-order valence-corrected chi connectivity index (χ4v) is 2.60. The van der Waals surface area contributed by atoms with Crippen LogP contribution in [0.3, 0.4) is 0 Å². The Labute approximate surface area is 119 Å². The van der Waals surface area contributed by atoms with E-state index in [-0.39, 0.29) is 0 Å². The highest BCUT2D eigenvalue weighted by atomic mass is 79.9. The summed E-state index contributed by atoms with van der Waals surface area (Å²) in [4.78, 5) is 4.64. The van der Waals surface area contributed by atoms with Gasteiger partial charge in [0.2, 0.25) is 0 Å². The van der Waals surface area contributed by atoms with E-state index in [1.807, 2.05) is 48.0 Å². The number of halogens is 1. The van der Waals surface area contributed by atoms with E-state index in [0.717, 1.165) is 26.9 Å². The minimum absolute atomic E-state index is 0.647. The normalized spacial score (nSPS) is 10.6. The molecule has 19 heavy (non-hydrogen) atoms. The van der Waals surface area contributed by atoms with Crippen molar-refractivity contribution in [2.24, 2.45) is 7.05 Å². The zero-order valence-corrected chi connectivity index (χ0v) is 11.8. The van der Waals surface area contributed by atoms with Gasteiger partial charge >= 0.3 is 0 Å². The van der Waals surface area contributed by atoms with Gasteiger partial charge in [-0.15, -0.1) is 0 Å². The van der Waals surface area contributed by atoms with Crippen LogP contribution in [-0.4, -0.2) is 9.55 Å². The van der Waals surface area contributed by atoms with Crippen LogP contribution in [0.1, 0.15) is 5.56 Å². The van der Waals surface area contributed by atoms with Gasteiger partial charge in [-0.25, -0.2) is 4.98 Å². The van der Waals surface area contributed by atoms with Crippen molar-refractivity contribution in [2.75, 3.05) is 0 Å². The molecule has 3 aromatic rings. The lowest BCUT2D eigenvalue weighted by Gasteiger charge is -2.04. The third-order valence-corrected chi connectivity index (χ3v) is 3.82. The van der Waals surface area contributed by atoms with Gasteiger partial charge in [0.1, 0.15) is 5.82 Å². The highest BCUT2D eigenvalue weighted by Gasteiger charge is 2.12. The molecule has 1 aromatic heterocycles. The highest BCUT2D eigenvalue weighted by molar-refractivity contribution is 9.10. The smallest absolute Gasteiger partial charge is 0.142 e. The Hall–Kier alpha value is -2.12. The summed E-state index contributed by atoms with van der Waals surface area (Å²) in [7, 11) is 1.96. The molecular weight excluding hydrogens is 302 g/mol. The quantitative estimate of drug-likeness (QED) is 0.684. The molecule has 0 bridgehead atoms. The molecule has 1 heterocycles. The standard InChI is InChI=1S/C15H10BrN3/c1-19-14-8-10(9-17)6-7-13(14)18-15(19)11-4-2-3-5-12(11)16/h2-8H,1H3. The zero-order chi connectivity index (χ0) is 13.4. The van der Waals surface area contributed by atoms with Crippen molar-refractivity contribution in [3.63, 3.8) is 0 Å². The molecule has 3 nitrogen and oxygen atoms in total. The number of hydrogen-bond acceptors (Lipinski definition) is 2. The maximum absolute atomic E-state index is 8.97. The Morgan fingerprint density at radius 1 is 1.21 bits per heavy atom. The van der Waals surface area contributed by atoms with Crippen LogP contribution in [0, 0.1) is 11.3 Å². The molecule has 0 fully saturated rings. The van der Waals surface area contributed by atoms with Crippen molar-refractivity contribution in [3.05, 3.63) is 52.5 Å². The third-order valence-electron chi connectivity index (χ3n) is 3.12. The average Bonchev–Trinajstić information content (AvgIpc) is 2.76. The predicted octanol–water partition coefficient (Wildman–Crippen LogP) is 3.87. The molecule has 0 unspecified atom stereocenters. The minimum Gasteiger partial charge on any atom is -0.327 e. The monoisotopic (exact) mass is 311 g/mol. The first-order chi connectivity index (χ1) is 9.20. The van der Waals surface area contributed by atoms with E-state index in [9.17, 15) is 0 Å². The summed E-state index contributed by atoms with van der Waals surface area (Å²) in [6.45, 7) is 0. The second-order valence-electron chi connectivity index (χ2n) is 4.29. The Kier molecular flexibility index (Phi) is 2.84. The minimum atomic E-state index is 0.647. The number of rotatable bonds is 1. The van der Waals surface area contributed by atoms with Crippen molar-refractivity contribution in [1.82, 2.24) is 9.55 Å². The van der Waals surface area contributed by atoms with E-state index in [1.165, 1.54) is 0 Å². The number of hydrogen-bond donors (Lipinski definition) is 0. The Bertz CT molecular complexity index is 812. The average molecular weight is 312 g/mol. The molecular formula is C15H10BrN3. The van der Waals surface area contributed by atoms with Gasteiger partial charge in [0.15, 0.2) is 0 Å². The summed E-state index contributed by atoms with van der Waals surface area (Å²) < 4.78 is 3.02. The van der Waals surface area contributed by atoms with Crippen molar-refractivity contribution in [3.8, 4) is 17.5 Å². The van der Waals surface area contributed by atoms with Gasteiger partial charge in [-0.1, -0.05) is 34.1 Å². The van der Waals surface area contributed by atoms with E-state index in [1.54, 1.807) is 6.07 Å². The number of aromatic nitrogens is 2. The fraction of sp³-hybridized carbons (Fsp3) is 0.0667. The largest absolute Gasteiger partial charge is 0.327 e. The maximum Gasteiger partial charge on any atom is 0.142 e. The maximum atomic E-state index is 8.97. The molecule has 0 spiro atoms. The number of aryl methyl sites for hydroxylation is 1. The summed E-state index contributed by atoms with van der Waals surface area (Å²) in [6, 6.07) is 15.7. The van der Waals surface area contributed by atoms with Gasteiger partial charge in [0.25, 0.3) is 0 Å². The summed E-state index contributed by atoms with van der Waals surface area (Å²) in [5.41, 5.74) is 3.55.